The molecule has 1 saturated heterocycles. The van der Waals surface area contributed by atoms with Crippen LogP contribution in [0.4, 0.5) is 16.2 Å². The largest absolute Gasteiger partial charge is 0.502 e. The van der Waals surface area contributed by atoms with E-state index in [0.29, 0.717) is 4.90 Å². The normalized spacial score (nSPS) is 15.7. The first-order chi connectivity index (χ1) is 13.2. The summed E-state index contributed by atoms with van der Waals surface area (Å²) in [6.45, 7) is 0. The summed E-state index contributed by atoms with van der Waals surface area (Å²) in [5, 5.41) is 22.8. The molecule has 1 fully saturated rings. The van der Waals surface area contributed by atoms with E-state index in [-0.39, 0.29) is 21.3 Å². The van der Waals surface area contributed by atoms with Gasteiger partial charge in [0, 0.05) is 6.07 Å². The van der Waals surface area contributed by atoms with Gasteiger partial charge in [-0.15, -0.1) is 0 Å². The summed E-state index contributed by atoms with van der Waals surface area (Å²) in [7, 11) is 0. The van der Waals surface area contributed by atoms with Gasteiger partial charge < -0.3 is 5.11 Å². The van der Waals surface area contributed by atoms with Crippen molar-refractivity contribution < 1.29 is 24.4 Å². The van der Waals surface area contributed by atoms with Crippen LogP contribution in [0.25, 0.3) is 6.08 Å². The number of aromatic hydroxyl groups is 1. The lowest BCUT2D eigenvalue weighted by molar-refractivity contribution is -0.385. The Morgan fingerprint density at radius 1 is 1.07 bits per heavy atom. The highest BCUT2D eigenvalue weighted by Gasteiger charge is 2.37. The van der Waals surface area contributed by atoms with Crippen molar-refractivity contribution in [2.75, 3.05) is 4.90 Å². The van der Waals surface area contributed by atoms with Crippen molar-refractivity contribution in [3.63, 3.8) is 0 Å². The second kappa shape index (κ2) is 7.29. The van der Waals surface area contributed by atoms with Crippen molar-refractivity contribution in [2.24, 2.45) is 0 Å². The molecule has 4 amide bonds. The summed E-state index contributed by atoms with van der Waals surface area (Å²) in [4.78, 5) is 47.8. The molecule has 28 heavy (non-hydrogen) atoms. The topological polar surface area (TPSA) is 130 Å². The molecule has 0 radical (unpaired) electrons. The highest BCUT2D eigenvalue weighted by atomic mass is 35.5. The first-order valence-electron chi connectivity index (χ1n) is 7.53. The number of anilines is 1. The Balaban J connectivity index is 2.05. The average molecular weight is 422 g/mol. The zero-order valence-corrected chi connectivity index (χ0v) is 15.2. The van der Waals surface area contributed by atoms with Crippen molar-refractivity contribution in [3.8, 4) is 5.75 Å². The molecule has 1 aliphatic heterocycles. The molecule has 11 heteroatoms. The number of rotatable bonds is 3. The number of amides is 4. The Kier molecular flexibility index (Phi) is 5.04. The molecule has 1 aliphatic rings. The number of hydrogen-bond donors (Lipinski definition) is 2. The van der Waals surface area contributed by atoms with E-state index in [4.69, 9.17) is 23.2 Å². The Morgan fingerprint density at radius 2 is 1.79 bits per heavy atom. The van der Waals surface area contributed by atoms with Gasteiger partial charge in [0.2, 0.25) is 0 Å². The molecule has 1 heterocycles. The van der Waals surface area contributed by atoms with E-state index in [2.05, 4.69) is 0 Å². The molecule has 9 nitrogen and oxygen atoms in total. The number of nitrogens with one attached hydrogen (secondary N) is 1. The van der Waals surface area contributed by atoms with Crippen LogP contribution in [-0.4, -0.2) is 27.9 Å². The van der Waals surface area contributed by atoms with Crippen LogP contribution in [0.3, 0.4) is 0 Å². The van der Waals surface area contributed by atoms with Crippen LogP contribution in [0, 0.1) is 10.1 Å². The maximum absolute atomic E-state index is 12.7. The average Bonchev–Trinajstić information content (AvgIpc) is 2.62. The molecule has 0 atom stereocenters. The Labute approximate surface area is 166 Å². The second-order valence-electron chi connectivity index (χ2n) is 5.56. The van der Waals surface area contributed by atoms with Gasteiger partial charge in [-0.25, -0.2) is 9.69 Å². The van der Waals surface area contributed by atoms with Gasteiger partial charge in [0.15, 0.2) is 5.75 Å². The highest BCUT2D eigenvalue weighted by molar-refractivity contribution is 6.43. The van der Waals surface area contributed by atoms with E-state index >= 15 is 0 Å². The number of nitrogens with zero attached hydrogens (tertiary/aromatic N) is 2. The third kappa shape index (κ3) is 3.53. The fraction of sp³-hybridized carbons (Fsp3) is 0. The van der Waals surface area contributed by atoms with Gasteiger partial charge in [-0.1, -0.05) is 29.3 Å². The quantitative estimate of drug-likeness (QED) is 0.338. The van der Waals surface area contributed by atoms with Crippen LogP contribution in [-0.2, 0) is 9.59 Å². The lowest BCUT2D eigenvalue weighted by Gasteiger charge is -2.26. The molecule has 3 rings (SSSR count). The number of barbiturate groups is 1. The number of urea groups is 1. The predicted molar refractivity (Wildman–Crippen MR) is 100 cm³/mol. The van der Waals surface area contributed by atoms with Crippen molar-refractivity contribution >= 4 is 58.5 Å². The Hall–Kier alpha value is -3.43. The number of carbonyl (C=O) groups is 3. The van der Waals surface area contributed by atoms with Crippen LogP contribution >= 0.6 is 23.2 Å². The van der Waals surface area contributed by atoms with Gasteiger partial charge in [0.05, 0.1) is 20.7 Å². The van der Waals surface area contributed by atoms with Crippen molar-refractivity contribution in [3.05, 3.63) is 67.7 Å². The number of benzene rings is 2. The minimum Gasteiger partial charge on any atom is -0.502 e. The minimum absolute atomic E-state index is 0.0759. The van der Waals surface area contributed by atoms with Gasteiger partial charge in [-0.05, 0) is 35.9 Å². The van der Waals surface area contributed by atoms with Crippen LogP contribution in [0.1, 0.15) is 5.56 Å². The number of phenolic OH excluding ortho intramolecular Hbond substituents is 1. The number of nitro groups is 1. The SMILES string of the molecule is O=C1NC(=O)N(c2ccc(Cl)c(Cl)c2)C(=O)/C1=C/c1ccc(O)c([N+](=O)[O-])c1. The molecule has 0 saturated carbocycles. The van der Waals surface area contributed by atoms with E-state index in [1.807, 2.05) is 5.32 Å². The zero-order valence-electron chi connectivity index (χ0n) is 13.7. The fourth-order valence-electron chi connectivity index (χ4n) is 2.46. The standard InChI is InChI=1S/C17H9Cl2N3O6/c18-11-3-2-9(7-12(11)19)21-16(25)10(15(24)20-17(21)26)5-8-1-4-14(23)13(6-8)22(27)28/h1-7,23H,(H,20,24,26)/b10-5+. The number of halogens is 2. The van der Waals surface area contributed by atoms with Crippen LogP contribution in [0.15, 0.2) is 42.0 Å². The molecule has 142 valence electrons. The minimum atomic E-state index is -0.984. The molecule has 0 aromatic heterocycles. The maximum Gasteiger partial charge on any atom is 0.335 e. The summed E-state index contributed by atoms with van der Waals surface area (Å²) in [5.74, 6) is -2.50. The maximum atomic E-state index is 12.7. The fourth-order valence-corrected chi connectivity index (χ4v) is 2.75. The van der Waals surface area contributed by atoms with Gasteiger partial charge >= 0.3 is 11.7 Å². The number of hydrogen-bond acceptors (Lipinski definition) is 6. The summed E-state index contributed by atoms with van der Waals surface area (Å²) < 4.78 is 0. The smallest absolute Gasteiger partial charge is 0.335 e. The Bertz CT molecular complexity index is 1080. The molecule has 2 aromatic carbocycles. The van der Waals surface area contributed by atoms with Crippen molar-refractivity contribution in [1.82, 2.24) is 5.32 Å². The van der Waals surface area contributed by atoms with Crippen LogP contribution in [0.5, 0.6) is 5.75 Å². The molecule has 0 bridgehead atoms. The number of phenols is 1. The first-order valence-corrected chi connectivity index (χ1v) is 8.28. The second-order valence-corrected chi connectivity index (χ2v) is 6.38. The summed E-state index contributed by atoms with van der Waals surface area (Å²) >= 11 is 11.7. The summed E-state index contributed by atoms with van der Waals surface area (Å²) in [5.41, 5.74) is -0.862. The first kappa shape index (κ1) is 19.3. The van der Waals surface area contributed by atoms with Crippen molar-refractivity contribution in [1.29, 1.82) is 0 Å². The molecule has 0 spiro atoms. The van der Waals surface area contributed by atoms with E-state index in [1.165, 1.54) is 24.3 Å². The molecule has 0 unspecified atom stereocenters. The summed E-state index contributed by atoms with van der Waals surface area (Å²) in [6, 6.07) is 6.35. The lowest BCUT2D eigenvalue weighted by Crippen LogP contribution is -2.54. The molecular weight excluding hydrogens is 413 g/mol. The van der Waals surface area contributed by atoms with Gasteiger partial charge in [-0.3, -0.25) is 25.0 Å². The van der Waals surface area contributed by atoms with Gasteiger partial charge in [0.1, 0.15) is 5.57 Å². The number of carbonyl (C=O) groups excluding carboxylic acids is 3. The third-order valence-electron chi connectivity index (χ3n) is 3.77. The summed E-state index contributed by atoms with van der Waals surface area (Å²) in [6.07, 6.45) is 1.07. The third-order valence-corrected chi connectivity index (χ3v) is 4.51. The van der Waals surface area contributed by atoms with Gasteiger partial charge in [-0.2, -0.15) is 0 Å². The van der Waals surface area contributed by atoms with Crippen LogP contribution < -0.4 is 10.2 Å². The van der Waals surface area contributed by atoms with Gasteiger partial charge in [0.25, 0.3) is 11.8 Å². The predicted octanol–water partition coefficient (Wildman–Crippen LogP) is 3.27. The monoisotopic (exact) mass is 421 g/mol. The lowest BCUT2D eigenvalue weighted by atomic mass is 10.1. The van der Waals surface area contributed by atoms with Crippen molar-refractivity contribution in [2.45, 2.75) is 0 Å². The molecule has 0 aliphatic carbocycles. The molecular formula is C17H9Cl2N3O6. The molecule has 2 N–H and O–H groups in total. The van der Waals surface area contributed by atoms with E-state index in [0.717, 1.165) is 18.2 Å². The zero-order chi connectivity index (χ0) is 20.6. The van der Waals surface area contributed by atoms with E-state index in [1.54, 1.807) is 0 Å². The number of imide groups is 2. The molecule has 2 aromatic rings. The van der Waals surface area contributed by atoms with Crippen LogP contribution in [0.2, 0.25) is 10.0 Å². The Morgan fingerprint density at radius 3 is 2.43 bits per heavy atom. The van der Waals surface area contributed by atoms with E-state index in [9.17, 15) is 29.6 Å². The van der Waals surface area contributed by atoms with E-state index < -0.39 is 39.8 Å². The highest BCUT2D eigenvalue weighted by Crippen LogP contribution is 2.30. The number of nitro benzene ring substituents is 1.